The molecule has 1 aromatic rings. The zero-order valence-corrected chi connectivity index (χ0v) is 15.9. The summed E-state index contributed by atoms with van der Waals surface area (Å²) in [6.07, 6.45) is 0.450. The van der Waals surface area contributed by atoms with E-state index in [1.807, 2.05) is 12.1 Å². The predicted molar refractivity (Wildman–Crippen MR) is 98.0 cm³/mol. The quantitative estimate of drug-likeness (QED) is 0.654. The molecule has 140 valence electrons. The molecule has 7 heteroatoms. The zero-order chi connectivity index (χ0) is 19.0. The van der Waals surface area contributed by atoms with Gasteiger partial charge in [-0.25, -0.2) is 4.79 Å². The molecule has 0 saturated heterocycles. The smallest absolute Gasteiger partial charge is 0.407 e. The Morgan fingerprint density at radius 1 is 1.24 bits per heavy atom. The summed E-state index contributed by atoms with van der Waals surface area (Å²) in [6, 6.07) is 6.33. The van der Waals surface area contributed by atoms with Gasteiger partial charge in [0.05, 0.1) is 0 Å². The number of benzene rings is 1. The molecule has 2 atom stereocenters. The highest BCUT2D eigenvalue weighted by atomic mass is 35.5. The fourth-order valence-corrected chi connectivity index (χ4v) is 2.37. The predicted octanol–water partition coefficient (Wildman–Crippen LogP) is 3.23. The lowest BCUT2D eigenvalue weighted by molar-refractivity contribution is -0.139. The number of carboxylic acid groups (broad SMARTS) is 1. The Balaban J connectivity index is 2.76. The fraction of sp³-hybridized carbons (Fsp3) is 0.556. The highest BCUT2D eigenvalue weighted by Crippen LogP contribution is 2.12. The Hall–Kier alpha value is -1.79. The second-order valence-corrected chi connectivity index (χ2v) is 7.32. The van der Waals surface area contributed by atoms with Crippen LogP contribution in [0, 0.1) is 0 Å². The first kappa shape index (κ1) is 21.3. The van der Waals surface area contributed by atoms with Crippen molar-refractivity contribution in [2.75, 3.05) is 6.54 Å². The van der Waals surface area contributed by atoms with E-state index >= 15 is 0 Å². The van der Waals surface area contributed by atoms with E-state index in [1.54, 1.807) is 39.8 Å². The van der Waals surface area contributed by atoms with Gasteiger partial charge in [-0.15, -0.1) is 0 Å². The first-order chi connectivity index (χ1) is 11.6. The summed E-state index contributed by atoms with van der Waals surface area (Å²) in [7, 11) is 0. The van der Waals surface area contributed by atoms with Gasteiger partial charge in [0.25, 0.3) is 0 Å². The Morgan fingerprint density at radius 3 is 2.32 bits per heavy atom. The van der Waals surface area contributed by atoms with Crippen molar-refractivity contribution in [3.8, 4) is 0 Å². The lowest BCUT2D eigenvalue weighted by Crippen LogP contribution is -2.49. The molecule has 0 spiro atoms. The summed E-state index contributed by atoms with van der Waals surface area (Å²) in [4.78, 5) is 23.2. The molecule has 0 bridgehead atoms. The van der Waals surface area contributed by atoms with Gasteiger partial charge in [0.15, 0.2) is 0 Å². The van der Waals surface area contributed by atoms with Crippen molar-refractivity contribution in [2.45, 2.75) is 58.2 Å². The third-order valence-corrected chi connectivity index (χ3v) is 3.69. The Morgan fingerprint density at radius 2 is 1.84 bits per heavy atom. The molecule has 2 unspecified atom stereocenters. The second kappa shape index (κ2) is 9.63. The molecule has 0 saturated carbocycles. The summed E-state index contributed by atoms with van der Waals surface area (Å²) < 4.78 is 5.29. The molecule has 0 heterocycles. The van der Waals surface area contributed by atoms with Crippen LogP contribution in [0.4, 0.5) is 4.79 Å². The molecule has 0 aromatic heterocycles. The minimum absolute atomic E-state index is 0.312. The highest BCUT2D eigenvalue weighted by Gasteiger charge is 2.22. The number of nitrogens with one attached hydrogen (secondary N) is 2. The molecule has 1 rings (SSSR count). The average Bonchev–Trinajstić information content (AvgIpc) is 2.47. The van der Waals surface area contributed by atoms with Crippen LogP contribution in [0.15, 0.2) is 24.3 Å². The molecule has 6 nitrogen and oxygen atoms in total. The third-order valence-electron chi connectivity index (χ3n) is 3.43. The maximum atomic E-state index is 12.1. The standard InChI is InChI=1S/C18H27ClN2O4/c1-5-15(16(22)23)20-11-14(21-17(24)25-18(2,3)4)10-12-6-8-13(19)9-7-12/h6-9,14-15,20H,5,10-11H2,1-4H3,(H,21,24)(H,22,23). The van der Waals surface area contributed by atoms with Crippen molar-refractivity contribution < 1.29 is 19.4 Å². The Labute approximate surface area is 153 Å². The van der Waals surface area contributed by atoms with E-state index in [1.165, 1.54) is 0 Å². The number of rotatable bonds is 8. The van der Waals surface area contributed by atoms with Crippen LogP contribution >= 0.6 is 11.6 Å². The van der Waals surface area contributed by atoms with Crippen LogP contribution in [0.5, 0.6) is 0 Å². The van der Waals surface area contributed by atoms with Crippen LogP contribution in [0.25, 0.3) is 0 Å². The molecular formula is C18H27ClN2O4. The van der Waals surface area contributed by atoms with E-state index in [0.717, 1.165) is 5.56 Å². The normalized spacial score (nSPS) is 13.8. The van der Waals surface area contributed by atoms with Crippen molar-refractivity contribution in [3.63, 3.8) is 0 Å². The number of carbonyl (C=O) groups is 2. The monoisotopic (exact) mass is 370 g/mol. The van der Waals surface area contributed by atoms with Crippen molar-refractivity contribution >= 4 is 23.7 Å². The van der Waals surface area contributed by atoms with Crippen LogP contribution in [-0.4, -0.2) is 41.4 Å². The number of alkyl carbamates (subject to hydrolysis) is 1. The van der Waals surface area contributed by atoms with Gasteiger partial charge in [-0.2, -0.15) is 0 Å². The lowest BCUT2D eigenvalue weighted by Gasteiger charge is -2.25. The summed E-state index contributed by atoms with van der Waals surface area (Å²) in [5.74, 6) is -0.912. The number of carbonyl (C=O) groups excluding carboxylic acids is 1. The van der Waals surface area contributed by atoms with Gasteiger partial charge < -0.3 is 20.5 Å². The van der Waals surface area contributed by atoms with E-state index in [0.29, 0.717) is 24.4 Å². The molecule has 0 radical (unpaired) electrons. The summed E-state index contributed by atoms with van der Waals surface area (Å²) in [5, 5.41) is 15.6. The van der Waals surface area contributed by atoms with E-state index in [4.69, 9.17) is 21.4 Å². The third kappa shape index (κ3) is 8.74. The lowest BCUT2D eigenvalue weighted by atomic mass is 10.1. The number of carboxylic acids is 1. The van der Waals surface area contributed by atoms with Crippen LogP contribution in [0.3, 0.4) is 0 Å². The molecule has 0 aliphatic rings. The van der Waals surface area contributed by atoms with Crippen molar-refractivity contribution in [3.05, 3.63) is 34.9 Å². The van der Waals surface area contributed by atoms with Gasteiger partial charge in [-0.05, 0) is 51.3 Å². The number of aliphatic carboxylic acids is 1. The summed E-state index contributed by atoms with van der Waals surface area (Å²) in [6.45, 7) is 7.47. The molecule has 1 amide bonds. The van der Waals surface area contributed by atoms with E-state index in [9.17, 15) is 9.59 Å². The molecule has 0 fully saturated rings. The van der Waals surface area contributed by atoms with Gasteiger partial charge in [-0.1, -0.05) is 30.7 Å². The summed E-state index contributed by atoms with van der Waals surface area (Å²) in [5.41, 5.74) is 0.380. The number of amides is 1. The van der Waals surface area contributed by atoms with Crippen molar-refractivity contribution in [2.24, 2.45) is 0 Å². The largest absolute Gasteiger partial charge is 0.480 e. The molecule has 1 aromatic carbocycles. The van der Waals surface area contributed by atoms with E-state index in [2.05, 4.69) is 10.6 Å². The van der Waals surface area contributed by atoms with Gasteiger partial charge in [-0.3, -0.25) is 4.79 Å². The van der Waals surface area contributed by atoms with Crippen LogP contribution in [-0.2, 0) is 16.0 Å². The highest BCUT2D eigenvalue weighted by molar-refractivity contribution is 6.30. The van der Waals surface area contributed by atoms with Gasteiger partial charge >= 0.3 is 12.1 Å². The summed E-state index contributed by atoms with van der Waals surface area (Å²) >= 11 is 5.89. The SMILES string of the molecule is CCC(NCC(Cc1ccc(Cl)cc1)NC(=O)OC(C)(C)C)C(=O)O. The minimum Gasteiger partial charge on any atom is -0.480 e. The maximum absolute atomic E-state index is 12.1. The molecule has 25 heavy (non-hydrogen) atoms. The first-order valence-electron chi connectivity index (χ1n) is 8.31. The van der Waals surface area contributed by atoms with Crippen LogP contribution in [0.1, 0.15) is 39.7 Å². The molecule has 3 N–H and O–H groups in total. The van der Waals surface area contributed by atoms with Crippen LogP contribution in [0.2, 0.25) is 5.02 Å². The Kier molecular flexibility index (Phi) is 8.19. The zero-order valence-electron chi connectivity index (χ0n) is 15.1. The Bertz CT molecular complexity index is 569. The topological polar surface area (TPSA) is 87.7 Å². The van der Waals surface area contributed by atoms with Crippen LogP contribution < -0.4 is 10.6 Å². The maximum Gasteiger partial charge on any atom is 0.407 e. The van der Waals surface area contributed by atoms with Gasteiger partial charge in [0, 0.05) is 17.6 Å². The molecular weight excluding hydrogens is 344 g/mol. The molecule has 0 aliphatic heterocycles. The van der Waals surface area contributed by atoms with Crippen molar-refractivity contribution in [1.82, 2.24) is 10.6 Å². The number of hydrogen-bond acceptors (Lipinski definition) is 4. The number of halogens is 1. The minimum atomic E-state index is -0.912. The van der Waals surface area contributed by atoms with E-state index in [-0.39, 0.29) is 6.04 Å². The second-order valence-electron chi connectivity index (χ2n) is 6.88. The number of hydrogen-bond donors (Lipinski definition) is 3. The average molecular weight is 371 g/mol. The molecule has 0 aliphatic carbocycles. The van der Waals surface area contributed by atoms with E-state index < -0.39 is 23.7 Å². The first-order valence-corrected chi connectivity index (χ1v) is 8.68. The number of ether oxygens (including phenoxy) is 1. The van der Waals surface area contributed by atoms with Gasteiger partial charge in [0.2, 0.25) is 0 Å². The fourth-order valence-electron chi connectivity index (χ4n) is 2.24. The van der Waals surface area contributed by atoms with Crippen molar-refractivity contribution in [1.29, 1.82) is 0 Å². The van der Waals surface area contributed by atoms with Gasteiger partial charge in [0.1, 0.15) is 11.6 Å².